The van der Waals surface area contributed by atoms with Crippen molar-refractivity contribution in [3.63, 3.8) is 0 Å². The summed E-state index contributed by atoms with van der Waals surface area (Å²) < 4.78 is 6.99. The van der Waals surface area contributed by atoms with Crippen LogP contribution in [0.3, 0.4) is 0 Å². The molecular weight excluding hydrogens is 256 g/mol. The molecule has 0 saturated heterocycles. The van der Waals surface area contributed by atoms with Gasteiger partial charge in [0.15, 0.2) is 0 Å². The Labute approximate surface area is 109 Å². The molecule has 0 fully saturated rings. The second-order valence-corrected chi connectivity index (χ2v) is 5.17. The Hall–Kier alpha value is -1.13. The summed E-state index contributed by atoms with van der Waals surface area (Å²) in [4.78, 5) is 0. The molecule has 0 saturated carbocycles. The maximum absolute atomic E-state index is 6.35. The zero-order chi connectivity index (χ0) is 11.8. The van der Waals surface area contributed by atoms with E-state index in [1.807, 2.05) is 36.0 Å². The molecule has 0 radical (unpaired) electrons. The largest absolute Gasteiger partial charge is 0.497 e. The van der Waals surface area contributed by atoms with Crippen LogP contribution in [0, 0.1) is 0 Å². The second kappa shape index (κ2) is 4.27. The van der Waals surface area contributed by atoms with Gasteiger partial charge in [-0.05, 0) is 12.1 Å². The lowest BCUT2D eigenvalue weighted by Gasteiger charge is -2.06. The van der Waals surface area contributed by atoms with Crippen LogP contribution in [-0.4, -0.2) is 16.9 Å². The molecule has 0 bridgehead atoms. The first-order valence-corrected chi connectivity index (χ1v) is 6.81. The van der Waals surface area contributed by atoms with Crippen LogP contribution in [0.4, 0.5) is 0 Å². The monoisotopic (exact) mass is 266 g/mol. The highest BCUT2D eigenvalue weighted by molar-refractivity contribution is 7.98. The minimum Gasteiger partial charge on any atom is -0.497 e. The normalized spacial score (nSPS) is 13.8. The zero-order valence-electron chi connectivity index (χ0n) is 9.31. The van der Waals surface area contributed by atoms with E-state index in [0.29, 0.717) is 0 Å². The van der Waals surface area contributed by atoms with Crippen molar-refractivity contribution in [2.75, 3.05) is 7.11 Å². The Morgan fingerprint density at radius 2 is 2.29 bits per heavy atom. The molecule has 3 rings (SSSR count). The van der Waals surface area contributed by atoms with Crippen LogP contribution in [0.15, 0.2) is 24.3 Å². The van der Waals surface area contributed by atoms with E-state index < -0.39 is 0 Å². The molecule has 1 aliphatic rings. The molecule has 0 spiro atoms. The molecule has 0 unspecified atom stereocenters. The van der Waals surface area contributed by atoms with Gasteiger partial charge in [-0.15, -0.1) is 0 Å². The van der Waals surface area contributed by atoms with Gasteiger partial charge in [0, 0.05) is 23.1 Å². The van der Waals surface area contributed by atoms with Gasteiger partial charge in [-0.3, -0.25) is 0 Å². The fraction of sp³-hybridized carbons (Fsp3) is 0.250. The number of halogens is 1. The number of hydrogen-bond acceptors (Lipinski definition) is 3. The van der Waals surface area contributed by atoms with Crippen LogP contribution in [0.1, 0.15) is 11.3 Å². The third-order valence-corrected chi connectivity index (χ3v) is 4.15. The maximum Gasteiger partial charge on any atom is 0.137 e. The van der Waals surface area contributed by atoms with Crippen LogP contribution in [0.5, 0.6) is 5.75 Å². The SMILES string of the molecule is COc1cccc(-n2nc3c(c2Cl)CSC3)c1. The minimum atomic E-state index is 0.721. The Bertz CT molecular complexity index is 568. The predicted octanol–water partition coefficient (Wildman–Crippen LogP) is 3.28. The Kier molecular flexibility index (Phi) is 2.76. The van der Waals surface area contributed by atoms with Crippen LogP contribution < -0.4 is 4.74 Å². The number of hydrogen-bond donors (Lipinski definition) is 0. The van der Waals surface area contributed by atoms with Crippen molar-refractivity contribution in [2.24, 2.45) is 0 Å². The van der Waals surface area contributed by atoms with Crippen molar-refractivity contribution in [3.05, 3.63) is 40.7 Å². The summed E-state index contributed by atoms with van der Waals surface area (Å²) in [5.74, 6) is 2.72. The quantitative estimate of drug-likeness (QED) is 0.835. The molecule has 0 N–H and O–H groups in total. The average Bonchev–Trinajstić information content (AvgIpc) is 2.93. The first-order chi connectivity index (χ1) is 8.29. The van der Waals surface area contributed by atoms with Gasteiger partial charge in [0.25, 0.3) is 0 Å². The van der Waals surface area contributed by atoms with Gasteiger partial charge in [0.2, 0.25) is 0 Å². The molecular formula is C12H11ClN2OS. The second-order valence-electron chi connectivity index (χ2n) is 3.82. The number of fused-ring (bicyclic) bond motifs is 1. The van der Waals surface area contributed by atoms with E-state index in [2.05, 4.69) is 5.10 Å². The van der Waals surface area contributed by atoms with Crippen LogP contribution in [0.25, 0.3) is 5.69 Å². The average molecular weight is 267 g/mol. The van der Waals surface area contributed by atoms with Gasteiger partial charge in [-0.2, -0.15) is 16.9 Å². The van der Waals surface area contributed by atoms with Crippen molar-refractivity contribution < 1.29 is 4.74 Å². The lowest BCUT2D eigenvalue weighted by molar-refractivity contribution is 0.414. The molecule has 2 heterocycles. The minimum absolute atomic E-state index is 0.721. The highest BCUT2D eigenvalue weighted by atomic mass is 35.5. The van der Waals surface area contributed by atoms with Crippen LogP contribution in [-0.2, 0) is 11.5 Å². The molecule has 17 heavy (non-hydrogen) atoms. The third kappa shape index (κ3) is 1.81. The summed E-state index contributed by atoms with van der Waals surface area (Å²) in [5, 5.41) is 5.26. The van der Waals surface area contributed by atoms with Gasteiger partial charge in [-0.1, -0.05) is 17.7 Å². The molecule has 88 valence electrons. The number of methoxy groups -OCH3 is 1. The summed E-state index contributed by atoms with van der Waals surface area (Å²) in [6.45, 7) is 0. The van der Waals surface area contributed by atoms with E-state index in [1.54, 1.807) is 11.8 Å². The number of ether oxygens (including phenoxy) is 1. The third-order valence-electron chi connectivity index (χ3n) is 2.79. The molecule has 0 atom stereocenters. The fourth-order valence-electron chi connectivity index (χ4n) is 1.89. The molecule has 5 heteroatoms. The summed E-state index contributed by atoms with van der Waals surface area (Å²) in [7, 11) is 1.65. The van der Waals surface area contributed by atoms with Crippen molar-refractivity contribution in [3.8, 4) is 11.4 Å². The smallest absolute Gasteiger partial charge is 0.137 e. The van der Waals surface area contributed by atoms with Crippen molar-refractivity contribution in [1.29, 1.82) is 0 Å². The number of nitrogens with zero attached hydrogens (tertiary/aromatic N) is 2. The van der Waals surface area contributed by atoms with E-state index >= 15 is 0 Å². The summed E-state index contributed by atoms with van der Waals surface area (Å²) in [6, 6.07) is 7.75. The van der Waals surface area contributed by atoms with Crippen molar-refractivity contribution >= 4 is 23.4 Å². The molecule has 0 aliphatic carbocycles. The van der Waals surface area contributed by atoms with E-state index in [4.69, 9.17) is 16.3 Å². The molecule has 1 aromatic carbocycles. The Morgan fingerprint density at radius 3 is 3.06 bits per heavy atom. The standard InChI is InChI=1S/C12H11ClN2OS/c1-16-9-4-2-3-8(5-9)15-12(13)10-6-17-7-11(10)14-15/h2-5H,6-7H2,1H3. The van der Waals surface area contributed by atoms with Gasteiger partial charge in [0.1, 0.15) is 10.9 Å². The molecule has 0 amide bonds. The lowest BCUT2D eigenvalue weighted by atomic mass is 10.3. The fourth-order valence-corrected chi connectivity index (χ4v) is 3.32. The lowest BCUT2D eigenvalue weighted by Crippen LogP contribution is -1.98. The predicted molar refractivity (Wildman–Crippen MR) is 70.1 cm³/mol. The topological polar surface area (TPSA) is 27.1 Å². The number of benzene rings is 1. The van der Waals surface area contributed by atoms with Crippen LogP contribution in [0.2, 0.25) is 5.15 Å². The maximum atomic E-state index is 6.35. The van der Waals surface area contributed by atoms with Crippen molar-refractivity contribution in [2.45, 2.75) is 11.5 Å². The molecule has 2 aromatic rings. The Morgan fingerprint density at radius 1 is 1.41 bits per heavy atom. The zero-order valence-corrected chi connectivity index (χ0v) is 10.9. The van der Waals surface area contributed by atoms with Crippen molar-refractivity contribution in [1.82, 2.24) is 9.78 Å². The summed E-state index contributed by atoms with van der Waals surface area (Å²) >= 11 is 8.20. The molecule has 1 aliphatic heterocycles. The van der Waals surface area contributed by atoms with E-state index in [-0.39, 0.29) is 0 Å². The van der Waals surface area contributed by atoms with E-state index in [1.165, 1.54) is 5.56 Å². The van der Waals surface area contributed by atoms with Gasteiger partial charge in [-0.25, -0.2) is 4.68 Å². The molecule has 1 aromatic heterocycles. The van der Waals surface area contributed by atoms with Crippen LogP contribution >= 0.6 is 23.4 Å². The number of aromatic nitrogens is 2. The summed E-state index contributed by atoms with van der Waals surface area (Å²) in [6.07, 6.45) is 0. The summed E-state index contributed by atoms with van der Waals surface area (Å²) in [5.41, 5.74) is 3.20. The van der Waals surface area contributed by atoms with Gasteiger partial charge >= 0.3 is 0 Å². The van der Waals surface area contributed by atoms with E-state index in [0.717, 1.165) is 33.8 Å². The highest BCUT2D eigenvalue weighted by Gasteiger charge is 2.22. The Balaban J connectivity index is 2.09. The first kappa shape index (κ1) is 11.0. The highest BCUT2D eigenvalue weighted by Crippen LogP contribution is 2.35. The molecule has 3 nitrogen and oxygen atoms in total. The van der Waals surface area contributed by atoms with Gasteiger partial charge in [0.05, 0.1) is 18.5 Å². The number of thioether (sulfide) groups is 1. The van der Waals surface area contributed by atoms with Gasteiger partial charge < -0.3 is 4.74 Å². The first-order valence-electron chi connectivity index (χ1n) is 5.28. The number of rotatable bonds is 2. The van der Waals surface area contributed by atoms with E-state index in [9.17, 15) is 0 Å².